The van der Waals surface area contributed by atoms with Gasteiger partial charge >= 0.3 is 5.97 Å². The van der Waals surface area contributed by atoms with Crippen molar-refractivity contribution >= 4 is 17.8 Å². The first-order valence-corrected chi connectivity index (χ1v) is 6.85. The molecule has 0 aliphatic carbocycles. The van der Waals surface area contributed by atoms with E-state index < -0.39 is 5.97 Å². The van der Waals surface area contributed by atoms with Crippen molar-refractivity contribution < 1.29 is 23.9 Å². The molecular weight excluding hydrogens is 276 g/mol. The van der Waals surface area contributed by atoms with Gasteiger partial charge in [0.05, 0.1) is 12.7 Å². The molecule has 0 radical (unpaired) electrons. The summed E-state index contributed by atoms with van der Waals surface area (Å²) in [6.45, 7) is 2.86. The number of hydrogen-bond acceptors (Lipinski definition) is 4. The summed E-state index contributed by atoms with van der Waals surface area (Å²) >= 11 is 0. The van der Waals surface area contributed by atoms with Crippen molar-refractivity contribution in [2.24, 2.45) is 0 Å². The van der Waals surface area contributed by atoms with Crippen LogP contribution in [0, 0.1) is 0 Å². The fraction of sp³-hybridized carbons (Fsp3) is 0.500. The topological polar surface area (TPSA) is 99.9 Å². The van der Waals surface area contributed by atoms with Crippen molar-refractivity contribution in [3.8, 4) is 0 Å². The first-order chi connectivity index (χ1) is 10.0. The second-order valence-corrected chi connectivity index (χ2v) is 4.45. The predicted octanol–water partition coefficient (Wildman–Crippen LogP) is 1.11. The van der Waals surface area contributed by atoms with Crippen LogP contribution in [0.15, 0.2) is 22.8 Å². The van der Waals surface area contributed by atoms with Gasteiger partial charge in [-0.3, -0.25) is 14.4 Å². The van der Waals surface area contributed by atoms with E-state index in [-0.39, 0.29) is 37.0 Å². The molecule has 1 rings (SSSR count). The van der Waals surface area contributed by atoms with E-state index in [1.165, 1.54) is 11.2 Å². The van der Waals surface area contributed by atoms with Crippen LogP contribution in [0.25, 0.3) is 0 Å². The molecule has 21 heavy (non-hydrogen) atoms. The molecule has 7 nitrogen and oxygen atoms in total. The van der Waals surface area contributed by atoms with E-state index in [4.69, 9.17) is 9.52 Å². The van der Waals surface area contributed by atoms with Gasteiger partial charge in [0.2, 0.25) is 5.91 Å². The highest BCUT2D eigenvalue weighted by atomic mass is 16.4. The number of aliphatic carboxylic acids is 1. The number of carboxylic acid groups (broad SMARTS) is 1. The highest BCUT2D eigenvalue weighted by Gasteiger charge is 2.13. The minimum absolute atomic E-state index is 0.0607. The average molecular weight is 296 g/mol. The molecule has 0 unspecified atom stereocenters. The lowest BCUT2D eigenvalue weighted by molar-refractivity contribution is -0.138. The summed E-state index contributed by atoms with van der Waals surface area (Å²) in [6, 6.07) is 3.19. The van der Waals surface area contributed by atoms with E-state index in [1.807, 2.05) is 0 Å². The monoisotopic (exact) mass is 296 g/mol. The molecule has 1 aromatic heterocycles. The van der Waals surface area contributed by atoms with E-state index >= 15 is 0 Å². The lowest BCUT2D eigenvalue weighted by atomic mass is 10.2. The molecule has 116 valence electrons. The molecule has 2 N–H and O–H groups in total. The van der Waals surface area contributed by atoms with E-state index in [0.29, 0.717) is 19.5 Å². The largest absolute Gasteiger partial charge is 0.481 e. The zero-order valence-electron chi connectivity index (χ0n) is 12.0. The van der Waals surface area contributed by atoms with E-state index in [9.17, 15) is 14.4 Å². The highest BCUT2D eigenvalue weighted by molar-refractivity contribution is 5.91. The predicted molar refractivity (Wildman–Crippen MR) is 74.8 cm³/mol. The molecule has 0 aliphatic rings. The van der Waals surface area contributed by atoms with Crippen LogP contribution in [0.5, 0.6) is 0 Å². The molecule has 0 saturated heterocycles. The van der Waals surface area contributed by atoms with Gasteiger partial charge in [0.25, 0.3) is 5.91 Å². The summed E-state index contributed by atoms with van der Waals surface area (Å²) in [5.41, 5.74) is 0. The van der Waals surface area contributed by atoms with Crippen LogP contribution in [0.2, 0.25) is 0 Å². The van der Waals surface area contributed by atoms with Gasteiger partial charge in [-0.25, -0.2) is 0 Å². The third-order valence-electron chi connectivity index (χ3n) is 2.93. The Morgan fingerprint density at radius 1 is 1.33 bits per heavy atom. The standard InChI is InChI=1S/C14H20N2O5/c1-2-16(9-7-13(18)19)12(17)6-3-8-15-14(20)11-5-4-10-21-11/h4-5,10H,2-3,6-9H2,1H3,(H,15,20)(H,18,19). The first kappa shape index (κ1) is 16.7. The smallest absolute Gasteiger partial charge is 0.305 e. The molecule has 0 atom stereocenters. The van der Waals surface area contributed by atoms with Gasteiger partial charge in [0.15, 0.2) is 5.76 Å². The molecule has 0 bridgehead atoms. The Labute approximate surface area is 122 Å². The van der Waals surface area contributed by atoms with Gasteiger partial charge < -0.3 is 19.7 Å². The van der Waals surface area contributed by atoms with Crippen molar-refractivity contribution in [2.45, 2.75) is 26.2 Å². The zero-order valence-corrected chi connectivity index (χ0v) is 12.0. The third kappa shape index (κ3) is 6.11. The van der Waals surface area contributed by atoms with Crippen molar-refractivity contribution in [1.29, 1.82) is 0 Å². The van der Waals surface area contributed by atoms with Crippen molar-refractivity contribution in [3.05, 3.63) is 24.2 Å². The van der Waals surface area contributed by atoms with Crippen molar-refractivity contribution in [3.63, 3.8) is 0 Å². The van der Waals surface area contributed by atoms with Crippen LogP contribution in [0.3, 0.4) is 0 Å². The maximum Gasteiger partial charge on any atom is 0.305 e. The number of carbonyl (C=O) groups excluding carboxylic acids is 2. The number of furan rings is 1. The van der Waals surface area contributed by atoms with Crippen LogP contribution >= 0.6 is 0 Å². The van der Waals surface area contributed by atoms with E-state index in [0.717, 1.165) is 0 Å². The molecular formula is C14H20N2O5. The van der Waals surface area contributed by atoms with Gasteiger partial charge in [-0.15, -0.1) is 0 Å². The highest BCUT2D eigenvalue weighted by Crippen LogP contribution is 2.01. The second kappa shape index (κ2) is 8.78. The summed E-state index contributed by atoms with van der Waals surface area (Å²) in [5, 5.41) is 11.3. The number of amides is 2. The number of carboxylic acids is 1. The summed E-state index contributed by atoms with van der Waals surface area (Å²) in [7, 11) is 0. The van der Waals surface area contributed by atoms with Crippen molar-refractivity contribution in [2.75, 3.05) is 19.6 Å². The number of nitrogens with zero attached hydrogens (tertiary/aromatic N) is 1. The molecule has 0 aliphatic heterocycles. The average Bonchev–Trinajstić information content (AvgIpc) is 2.98. The minimum Gasteiger partial charge on any atom is -0.481 e. The van der Waals surface area contributed by atoms with Crippen LogP contribution in [0.4, 0.5) is 0 Å². The molecule has 7 heteroatoms. The molecule has 0 saturated carbocycles. The Balaban J connectivity index is 2.22. The van der Waals surface area contributed by atoms with Gasteiger partial charge in [-0.1, -0.05) is 0 Å². The fourth-order valence-corrected chi connectivity index (χ4v) is 1.78. The maximum absolute atomic E-state index is 11.9. The normalized spacial score (nSPS) is 10.1. The SMILES string of the molecule is CCN(CCC(=O)O)C(=O)CCCNC(=O)c1ccco1. The summed E-state index contributed by atoms with van der Waals surface area (Å²) in [5.74, 6) is -1.11. The fourth-order valence-electron chi connectivity index (χ4n) is 1.78. The Hall–Kier alpha value is -2.31. The summed E-state index contributed by atoms with van der Waals surface area (Å²) in [6.07, 6.45) is 2.12. The maximum atomic E-state index is 11.9. The molecule has 0 fully saturated rings. The van der Waals surface area contributed by atoms with E-state index in [1.54, 1.807) is 19.1 Å². The lowest BCUT2D eigenvalue weighted by Gasteiger charge is -2.19. The Morgan fingerprint density at radius 2 is 2.10 bits per heavy atom. The van der Waals surface area contributed by atoms with Gasteiger partial charge in [-0.05, 0) is 25.5 Å². The van der Waals surface area contributed by atoms with Crippen LogP contribution in [-0.4, -0.2) is 47.4 Å². The Morgan fingerprint density at radius 3 is 2.67 bits per heavy atom. The molecule has 1 aromatic rings. The first-order valence-electron chi connectivity index (χ1n) is 6.85. The quantitative estimate of drug-likeness (QED) is 0.665. The number of nitrogens with one attached hydrogen (secondary N) is 1. The molecule has 0 aromatic carbocycles. The van der Waals surface area contributed by atoms with Crippen LogP contribution in [0.1, 0.15) is 36.7 Å². The van der Waals surface area contributed by atoms with Gasteiger partial charge in [0.1, 0.15) is 0 Å². The molecule has 2 amide bonds. The van der Waals surface area contributed by atoms with E-state index in [2.05, 4.69) is 5.32 Å². The molecule has 1 heterocycles. The summed E-state index contributed by atoms with van der Waals surface area (Å²) < 4.78 is 4.94. The lowest BCUT2D eigenvalue weighted by Crippen LogP contribution is -2.33. The number of carbonyl (C=O) groups is 3. The van der Waals surface area contributed by atoms with Gasteiger partial charge in [-0.2, -0.15) is 0 Å². The minimum atomic E-state index is -0.924. The zero-order chi connectivity index (χ0) is 15.7. The Bertz CT molecular complexity index is 470. The van der Waals surface area contributed by atoms with Crippen LogP contribution in [-0.2, 0) is 9.59 Å². The van der Waals surface area contributed by atoms with Gasteiger partial charge in [0, 0.05) is 26.1 Å². The molecule has 0 spiro atoms. The Kier molecular flexibility index (Phi) is 7.00. The number of rotatable bonds is 9. The number of hydrogen-bond donors (Lipinski definition) is 2. The van der Waals surface area contributed by atoms with Crippen LogP contribution < -0.4 is 5.32 Å². The second-order valence-electron chi connectivity index (χ2n) is 4.45. The third-order valence-corrected chi connectivity index (χ3v) is 2.93. The van der Waals surface area contributed by atoms with Crippen molar-refractivity contribution in [1.82, 2.24) is 10.2 Å². The summed E-state index contributed by atoms with van der Waals surface area (Å²) in [4.78, 5) is 35.4.